The minimum absolute atomic E-state index is 0.572. The molecule has 3 rings (SSSR count). The number of aromatic nitrogens is 2. The van der Waals surface area contributed by atoms with Crippen molar-refractivity contribution in [3.05, 3.63) is 23.2 Å². The van der Waals surface area contributed by atoms with Crippen LogP contribution in [0.5, 0.6) is 0 Å². The summed E-state index contributed by atoms with van der Waals surface area (Å²) in [5, 5.41) is 1.85. The second-order valence-electron chi connectivity index (χ2n) is 6.43. The molecule has 2 heterocycles. The number of benzene rings is 1. The summed E-state index contributed by atoms with van der Waals surface area (Å²) in [6.45, 7) is 12.4. The van der Waals surface area contributed by atoms with E-state index in [1.807, 2.05) is 12.1 Å². The van der Waals surface area contributed by atoms with Crippen LogP contribution in [-0.4, -0.2) is 51.0 Å². The molecule has 0 aliphatic carbocycles. The number of hydrogen-bond donors (Lipinski definition) is 0. The molecule has 4 nitrogen and oxygen atoms in total. The molecule has 0 N–H and O–H groups in total. The fourth-order valence-corrected chi connectivity index (χ4v) is 4.58. The van der Waals surface area contributed by atoms with Crippen molar-refractivity contribution in [3.8, 4) is 0 Å². The van der Waals surface area contributed by atoms with Gasteiger partial charge >= 0.3 is 0 Å². The lowest BCUT2D eigenvalue weighted by molar-refractivity contribution is 0.269. The van der Waals surface area contributed by atoms with Crippen molar-refractivity contribution < 1.29 is 0 Å². The molecule has 0 fully saturated rings. The molecule has 0 spiro atoms. The first-order valence-electron chi connectivity index (χ1n) is 8.95. The summed E-state index contributed by atoms with van der Waals surface area (Å²) in [6.07, 6.45) is 2.49. The van der Waals surface area contributed by atoms with Crippen LogP contribution < -0.4 is 0 Å². The second kappa shape index (κ2) is 8.09. The van der Waals surface area contributed by atoms with E-state index < -0.39 is 0 Å². The van der Waals surface area contributed by atoms with E-state index in [0.717, 1.165) is 41.9 Å². The third-order valence-corrected chi connectivity index (χ3v) is 6.39. The van der Waals surface area contributed by atoms with E-state index in [2.05, 4.69) is 40.6 Å². The summed E-state index contributed by atoms with van der Waals surface area (Å²) in [5.41, 5.74) is 2.19. The van der Waals surface area contributed by atoms with Gasteiger partial charge in [0.25, 0.3) is 0 Å². The zero-order valence-corrected chi connectivity index (χ0v) is 16.4. The first kappa shape index (κ1) is 18.1. The molecule has 1 aromatic carbocycles. The highest BCUT2D eigenvalue weighted by Gasteiger charge is 2.24. The second-order valence-corrected chi connectivity index (χ2v) is 7.88. The zero-order chi connectivity index (χ0) is 17.1. The van der Waals surface area contributed by atoms with Gasteiger partial charge in [0.2, 0.25) is 0 Å². The van der Waals surface area contributed by atoms with Gasteiger partial charge in [-0.2, -0.15) is 0 Å². The van der Waals surface area contributed by atoms with E-state index in [9.17, 15) is 0 Å². The van der Waals surface area contributed by atoms with Crippen LogP contribution in [0, 0.1) is 0 Å². The highest BCUT2D eigenvalue weighted by Crippen LogP contribution is 2.33. The van der Waals surface area contributed by atoms with Crippen LogP contribution in [0.25, 0.3) is 11.0 Å². The first-order chi connectivity index (χ1) is 11.6. The molecule has 1 unspecified atom stereocenters. The monoisotopic (exact) mass is 366 g/mol. The number of hydrogen-bond acceptors (Lipinski definition) is 4. The Balaban J connectivity index is 1.61. The number of imidazole rings is 1. The largest absolute Gasteiger partial charge is 0.317 e. The van der Waals surface area contributed by atoms with E-state index >= 15 is 0 Å². The van der Waals surface area contributed by atoms with Gasteiger partial charge in [-0.05, 0) is 69.5 Å². The standard InChI is InChI=1S/C18H27ClN4S/c1-4-21(5-2)10-6-7-14(3)23-12-11-22-17-9-8-15(19)13-16(17)20-18(22)24-23/h8-9,13-14H,4-7,10-12H2,1-3H3. The third kappa shape index (κ3) is 3.90. The molecule has 0 saturated carbocycles. The number of halogens is 1. The Morgan fingerprint density at radius 1 is 1.29 bits per heavy atom. The van der Waals surface area contributed by atoms with Crippen molar-refractivity contribution in [3.63, 3.8) is 0 Å². The summed E-state index contributed by atoms with van der Waals surface area (Å²) in [7, 11) is 0. The molecular weight excluding hydrogens is 340 g/mol. The molecule has 132 valence electrons. The van der Waals surface area contributed by atoms with Crippen LogP contribution in [0.3, 0.4) is 0 Å². The zero-order valence-electron chi connectivity index (χ0n) is 14.8. The van der Waals surface area contributed by atoms with E-state index in [-0.39, 0.29) is 0 Å². The third-order valence-electron chi connectivity index (χ3n) is 4.90. The Morgan fingerprint density at radius 3 is 2.83 bits per heavy atom. The van der Waals surface area contributed by atoms with Crippen molar-refractivity contribution in [2.45, 2.75) is 51.4 Å². The van der Waals surface area contributed by atoms with Crippen LogP contribution in [0.1, 0.15) is 33.6 Å². The van der Waals surface area contributed by atoms with Gasteiger partial charge in [0.15, 0.2) is 5.16 Å². The summed E-state index contributed by atoms with van der Waals surface area (Å²) in [5.74, 6) is 0. The molecule has 1 atom stereocenters. The average molecular weight is 367 g/mol. The molecule has 0 bridgehead atoms. The maximum atomic E-state index is 6.10. The van der Waals surface area contributed by atoms with E-state index in [4.69, 9.17) is 16.6 Å². The quantitative estimate of drug-likeness (QED) is 0.672. The molecule has 1 aliphatic heterocycles. The number of nitrogens with zero attached hydrogens (tertiary/aromatic N) is 4. The minimum atomic E-state index is 0.572. The van der Waals surface area contributed by atoms with Crippen LogP contribution >= 0.6 is 23.5 Å². The maximum Gasteiger partial charge on any atom is 0.184 e. The fourth-order valence-electron chi connectivity index (χ4n) is 3.32. The Morgan fingerprint density at radius 2 is 2.08 bits per heavy atom. The molecule has 2 aromatic rings. The first-order valence-corrected chi connectivity index (χ1v) is 10.1. The van der Waals surface area contributed by atoms with Gasteiger partial charge in [0, 0.05) is 24.2 Å². The summed E-state index contributed by atoms with van der Waals surface area (Å²) in [6, 6.07) is 6.56. The summed E-state index contributed by atoms with van der Waals surface area (Å²) >= 11 is 7.89. The lowest BCUT2D eigenvalue weighted by Gasteiger charge is -2.32. The van der Waals surface area contributed by atoms with Crippen LogP contribution in [0.4, 0.5) is 0 Å². The van der Waals surface area contributed by atoms with Gasteiger partial charge < -0.3 is 9.47 Å². The summed E-state index contributed by atoms with van der Waals surface area (Å²) in [4.78, 5) is 7.27. The molecule has 0 amide bonds. The molecule has 0 saturated heterocycles. The number of rotatable bonds is 7. The Bertz CT molecular complexity index is 683. The van der Waals surface area contributed by atoms with E-state index in [1.54, 1.807) is 11.9 Å². The van der Waals surface area contributed by atoms with Crippen LogP contribution in [0.15, 0.2) is 23.4 Å². The molecule has 6 heteroatoms. The van der Waals surface area contributed by atoms with Crippen LogP contribution in [-0.2, 0) is 6.54 Å². The van der Waals surface area contributed by atoms with Crippen molar-refractivity contribution >= 4 is 34.6 Å². The van der Waals surface area contributed by atoms with Gasteiger partial charge in [0.1, 0.15) is 0 Å². The number of fused-ring (bicyclic) bond motifs is 3. The van der Waals surface area contributed by atoms with Crippen molar-refractivity contribution in [1.82, 2.24) is 18.8 Å². The SMILES string of the molecule is CCN(CC)CCCC(C)N1CCn2c(nc3cc(Cl)ccc32)S1. The van der Waals surface area contributed by atoms with Gasteiger partial charge in [0.05, 0.1) is 11.0 Å². The van der Waals surface area contributed by atoms with E-state index in [1.165, 1.54) is 24.9 Å². The molecule has 0 radical (unpaired) electrons. The smallest absolute Gasteiger partial charge is 0.184 e. The lowest BCUT2D eigenvalue weighted by atomic mass is 10.1. The van der Waals surface area contributed by atoms with Crippen molar-refractivity contribution in [1.29, 1.82) is 0 Å². The van der Waals surface area contributed by atoms with Gasteiger partial charge in [-0.15, -0.1) is 0 Å². The predicted octanol–water partition coefficient (Wildman–Crippen LogP) is 4.52. The van der Waals surface area contributed by atoms with Gasteiger partial charge in [-0.1, -0.05) is 25.4 Å². The Labute approximate surface area is 154 Å². The molecular formula is C18H27ClN4S. The fraction of sp³-hybridized carbons (Fsp3) is 0.611. The van der Waals surface area contributed by atoms with Crippen LogP contribution in [0.2, 0.25) is 5.02 Å². The minimum Gasteiger partial charge on any atom is -0.317 e. The van der Waals surface area contributed by atoms with Crippen molar-refractivity contribution in [2.24, 2.45) is 0 Å². The topological polar surface area (TPSA) is 24.3 Å². The Kier molecular flexibility index (Phi) is 6.08. The predicted molar refractivity (Wildman–Crippen MR) is 104 cm³/mol. The maximum absolute atomic E-state index is 6.10. The average Bonchev–Trinajstić information content (AvgIpc) is 2.94. The summed E-state index contributed by atoms with van der Waals surface area (Å²) < 4.78 is 4.81. The van der Waals surface area contributed by atoms with Crippen molar-refractivity contribution in [2.75, 3.05) is 26.2 Å². The van der Waals surface area contributed by atoms with Gasteiger partial charge in [-0.3, -0.25) is 0 Å². The normalized spacial score (nSPS) is 16.7. The molecule has 1 aliphatic rings. The highest BCUT2D eigenvalue weighted by molar-refractivity contribution is 7.96. The lowest BCUT2D eigenvalue weighted by Crippen LogP contribution is -2.34. The molecule has 24 heavy (non-hydrogen) atoms. The van der Waals surface area contributed by atoms with Gasteiger partial charge in [-0.25, -0.2) is 9.29 Å². The Hall–Kier alpha value is -0.750. The highest BCUT2D eigenvalue weighted by atomic mass is 35.5. The molecule has 1 aromatic heterocycles. The van der Waals surface area contributed by atoms with E-state index in [0.29, 0.717) is 6.04 Å².